The highest BCUT2D eigenvalue weighted by molar-refractivity contribution is 5.76. The molecule has 1 rings (SSSR count). The Balaban J connectivity index is 2.69. The molecular formula is C12H15NO3. The Bertz CT molecular complexity index is 359. The van der Waals surface area contributed by atoms with E-state index in [2.05, 4.69) is 12.2 Å². The van der Waals surface area contributed by atoms with Gasteiger partial charge in [-0.3, -0.25) is 4.79 Å². The van der Waals surface area contributed by atoms with Crippen LogP contribution in [-0.4, -0.2) is 23.5 Å². The molecule has 4 heteroatoms. The lowest BCUT2D eigenvalue weighted by Crippen LogP contribution is -2.37. The first-order valence-corrected chi connectivity index (χ1v) is 5.17. The van der Waals surface area contributed by atoms with Crippen molar-refractivity contribution in [2.45, 2.75) is 25.8 Å². The van der Waals surface area contributed by atoms with Gasteiger partial charge in [0.05, 0.1) is 0 Å². The molecule has 0 aliphatic heterocycles. The molecule has 0 bridgehead atoms. The average Bonchev–Trinajstić information content (AvgIpc) is 2.29. The van der Waals surface area contributed by atoms with Crippen LogP contribution in [-0.2, 0) is 22.4 Å². The molecule has 0 saturated carbocycles. The summed E-state index contributed by atoms with van der Waals surface area (Å²) in [6.45, 7) is 2.06. The van der Waals surface area contributed by atoms with Crippen molar-refractivity contribution in [3.8, 4) is 0 Å². The number of carboxylic acids is 1. The molecule has 1 amide bonds. The van der Waals surface area contributed by atoms with E-state index in [1.54, 1.807) is 0 Å². The minimum Gasteiger partial charge on any atom is -0.480 e. The Morgan fingerprint density at radius 1 is 1.38 bits per heavy atom. The molecule has 1 unspecified atom stereocenters. The number of carboxylic acid groups (broad SMARTS) is 1. The van der Waals surface area contributed by atoms with E-state index in [1.165, 1.54) is 5.56 Å². The van der Waals surface area contributed by atoms with Crippen LogP contribution in [0.2, 0.25) is 0 Å². The van der Waals surface area contributed by atoms with Crippen molar-refractivity contribution in [3.05, 3.63) is 35.4 Å². The quantitative estimate of drug-likeness (QED) is 0.704. The van der Waals surface area contributed by atoms with Gasteiger partial charge in [-0.05, 0) is 17.5 Å². The SMILES string of the molecule is CCc1ccc(CC(NC=O)C(=O)O)cc1. The molecule has 0 saturated heterocycles. The Hall–Kier alpha value is -1.84. The first-order valence-electron chi connectivity index (χ1n) is 5.17. The second-order valence-corrected chi connectivity index (χ2v) is 3.55. The van der Waals surface area contributed by atoms with Gasteiger partial charge in [0, 0.05) is 6.42 Å². The summed E-state index contributed by atoms with van der Waals surface area (Å²) in [6.07, 6.45) is 1.67. The molecule has 4 nitrogen and oxygen atoms in total. The number of carbonyl (C=O) groups excluding carboxylic acids is 1. The van der Waals surface area contributed by atoms with Gasteiger partial charge < -0.3 is 10.4 Å². The predicted molar refractivity (Wildman–Crippen MR) is 60.1 cm³/mol. The highest BCUT2D eigenvalue weighted by Gasteiger charge is 2.16. The Morgan fingerprint density at radius 3 is 2.38 bits per heavy atom. The standard InChI is InChI=1S/C12H15NO3/c1-2-9-3-5-10(6-4-9)7-11(12(15)16)13-8-14/h3-6,8,11H,2,7H2,1H3,(H,13,14)(H,15,16). The van der Waals surface area contributed by atoms with E-state index in [9.17, 15) is 9.59 Å². The van der Waals surface area contributed by atoms with E-state index >= 15 is 0 Å². The minimum atomic E-state index is -1.02. The second kappa shape index (κ2) is 5.90. The zero-order valence-corrected chi connectivity index (χ0v) is 9.14. The van der Waals surface area contributed by atoms with Crippen LogP contribution >= 0.6 is 0 Å². The summed E-state index contributed by atoms with van der Waals surface area (Å²) in [5.41, 5.74) is 2.11. The molecule has 0 aliphatic rings. The van der Waals surface area contributed by atoms with Gasteiger partial charge in [0.25, 0.3) is 0 Å². The summed E-state index contributed by atoms with van der Waals surface area (Å²) in [5.74, 6) is -1.02. The van der Waals surface area contributed by atoms with E-state index < -0.39 is 12.0 Å². The van der Waals surface area contributed by atoms with Gasteiger partial charge in [0.15, 0.2) is 0 Å². The summed E-state index contributed by atoms with van der Waals surface area (Å²) in [6, 6.07) is 6.86. The number of nitrogens with one attached hydrogen (secondary N) is 1. The van der Waals surface area contributed by atoms with Gasteiger partial charge in [0.2, 0.25) is 6.41 Å². The van der Waals surface area contributed by atoms with Crippen molar-refractivity contribution < 1.29 is 14.7 Å². The smallest absolute Gasteiger partial charge is 0.326 e. The maximum Gasteiger partial charge on any atom is 0.326 e. The van der Waals surface area contributed by atoms with Crippen LogP contribution < -0.4 is 5.32 Å². The maximum absolute atomic E-state index is 10.8. The van der Waals surface area contributed by atoms with Gasteiger partial charge in [-0.2, -0.15) is 0 Å². The molecule has 0 aromatic heterocycles. The van der Waals surface area contributed by atoms with E-state index in [1.807, 2.05) is 24.3 Å². The number of carbonyl (C=O) groups is 2. The zero-order chi connectivity index (χ0) is 12.0. The zero-order valence-electron chi connectivity index (χ0n) is 9.14. The molecule has 1 aromatic rings. The number of hydrogen-bond acceptors (Lipinski definition) is 2. The molecule has 1 aromatic carbocycles. The van der Waals surface area contributed by atoms with Gasteiger partial charge >= 0.3 is 5.97 Å². The monoisotopic (exact) mass is 221 g/mol. The van der Waals surface area contributed by atoms with Crippen LogP contribution in [0, 0.1) is 0 Å². The molecule has 0 radical (unpaired) electrons. The molecule has 1 atom stereocenters. The summed E-state index contributed by atoms with van der Waals surface area (Å²) >= 11 is 0. The molecular weight excluding hydrogens is 206 g/mol. The number of hydrogen-bond donors (Lipinski definition) is 2. The molecule has 16 heavy (non-hydrogen) atoms. The predicted octanol–water partition coefficient (Wildman–Crippen LogP) is 0.991. The fourth-order valence-corrected chi connectivity index (χ4v) is 1.45. The largest absolute Gasteiger partial charge is 0.480 e. The summed E-state index contributed by atoms with van der Waals surface area (Å²) in [5, 5.41) is 11.1. The number of rotatable bonds is 6. The van der Waals surface area contributed by atoms with Gasteiger partial charge in [-0.25, -0.2) is 4.79 Å². The lowest BCUT2D eigenvalue weighted by Gasteiger charge is -2.11. The van der Waals surface area contributed by atoms with Crippen LogP contribution in [0.5, 0.6) is 0 Å². The van der Waals surface area contributed by atoms with E-state index in [0.29, 0.717) is 12.8 Å². The third-order valence-electron chi connectivity index (χ3n) is 2.44. The maximum atomic E-state index is 10.8. The van der Waals surface area contributed by atoms with Crippen LogP contribution in [0.4, 0.5) is 0 Å². The Morgan fingerprint density at radius 2 is 1.94 bits per heavy atom. The summed E-state index contributed by atoms with van der Waals surface area (Å²) in [4.78, 5) is 21.0. The highest BCUT2D eigenvalue weighted by atomic mass is 16.4. The lowest BCUT2D eigenvalue weighted by molar-refractivity contribution is -0.140. The lowest BCUT2D eigenvalue weighted by atomic mass is 10.0. The van der Waals surface area contributed by atoms with Crippen molar-refractivity contribution in [1.82, 2.24) is 5.32 Å². The van der Waals surface area contributed by atoms with Crippen LogP contribution in [0.25, 0.3) is 0 Å². The molecule has 0 aliphatic carbocycles. The number of amides is 1. The van der Waals surface area contributed by atoms with Crippen molar-refractivity contribution in [2.75, 3.05) is 0 Å². The van der Waals surface area contributed by atoms with Gasteiger partial charge in [-0.15, -0.1) is 0 Å². The Labute approximate surface area is 94.3 Å². The van der Waals surface area contributed by atoms with Crippen molar-refractivity contribution in [2.24, 2.45) is 0 Å². The third-order valence-corrected chi connectivity index (χ3v) is 2.44. The topological polar surface area (TPSA) is 66.4 Å². The van der Waals surface area contributed by atoms with Crippen LogP contribution in [0.3, 0.4) is 0 Å². The van der Waals surface area contributed by atoms with Crippen LogP contribution in [0.1, 0.15) is 18.1 Å². The van der Waals surface area contributed by atoms with Gasteiger partial charge in [0.1, 0.15) is 6.04 Å². The summed E-state index contributed by atoms with van der Waals surface area (Å²) < 4.78 is 0. The molecule has 0 spiro atoms. The first-order chi connectivity index (χ1) is 7.67. The second-order valence-electron chi connectivity index (χ2n) is 3.55. The average molecular weight is 221 g/mol. The third kappa shape index (κ3) is 3.38. The molecule has 2 N–H and O–H groups in total. The van der Waals surface area contributed by atoms with E-state index in [0.717, 1.165) is 12.0 Å². The van der Waals surface area contributed by atoms with Crippen LogP contribution in [0.15, 0.2) is 24.3 Å². The highest BCUT2D eigenvalue weighted by Crippen LogP contribution is 2.07. The normalized spacial score (nSPS) is 11.8. The number of benzene rings is 1. The van der Waals surface area contributed by atoms with Crippen molar-refractivity contribution in [3.63, 3.8) is 0 Å². The first kappa shape index (κ1) is 12.2. The number of aryl methyl sites for hydroxylation is 1. The Kier molecular flexibility index (Phi) is 4.51. The van der Waals surface area contributed by atoms with Crippen molar-refractivity contribution in [1.29, 1.82) is 0 Å². The van der Waals surface area contributed by atoms with E-state index in [-0.39, 0.29) is 0 Å². The molecule has 86 valence electrons. The minimum absolute atomic E-state index is 0.304. The van der Waals surface area contributed by atoms with Crippen molar-refractivity contribution >= 4 is 12.4 Å². The summed E-state index contributed by atoms with van der Waals surface area (Å²) in [7, 11) is 0. The molecule has 0 fully saturated rings. The fraction of sp³-hybridized carbons (Fsp3) is 0.333. The fourth-order valence-electron chi connectivity index (χ4n) is 1.45. The number of aliphatic carboxylic acids is 1. The van der Waals surface area contributed by atoms with E-state index in [4.69, 9.17) is 5.11 Å². The van der Waals surface area contributed by atoms with Gasteiger partial charge in [-0.1, -0.05) is 31.2 Å². The molecule has 0 heterocycles.